The van der Waals surface area contributed by atoms with Gasteiger partial charge in [0.15, 0.2) is 0 Å². The number of carboxylic acid groups (broad SMARTS) is 1. The maximum atomic E-state index is 10.5. The molecule has 1 aromatic carbocycles. The summed E-state index contributed by atoms with van der Waals surface area (Å²) in [5, 5.41) is 13.3. The van der Waals surface area contributed by atoms with Crippen molar-refractivity contribution in [2.75, 3.05) is 5.43 Å². The number of nitrogens with zero attached hydrogens (tertiary/aromatic N) is 2. The van der Waals surface area contributed by atoms with Gasteiger partial charge in [0.1, 0.15) is 0 Å². The molecule has 0 unspecified atom stereocenters. The number of hydrogen-bond acceptors (Lipinski definition) is 5. The Morgan fingerprint density at radius 2 is 2.33 bits per heavy atom. The Kier molecular flexibility index (Phi) is 3.57. The van der Waals surface area contributed by atoms with Crippen LogP contribution in [0.4, 0.5) is 5.13 Å². The Labute approximate surface area is 108 Å². The summed E-state index contributed by atoms with van der Waals surface area (Å²) in [5.41, 5.74) is 5.40. The van der Waals surface area contributed by atoms with Crippen LogP contribution in [0.3, 0.4) is 0 Å². The van der Waals surface area contributed by atoms with E-state index in [4.69, 9.17) is 5.11 Å². The van der Waals surface area contributed by atoms with Gasteiger partial charge in [-0.15, -0.1) is 0 Å². The van der Waals surface area contributed by atoms with E-state index in [9.17, 15) is 4.79 Å². The number of nitrogens with one attached hydrogen (secondary N) is 1. The molecule has 0 spiro atoms. The van der Waals surface area contributed by atoms with E-state index in [1.54, 1.807) is 6.92 Å². The zero-order valence-corrected chi connectivity index (χ0v) is 10.9. The van der Waals surface area contributed by atoms with Crippen molar-refractivity contribution in [3.8, 4) is 0 Å². The second-order valence-corrected chi connectivity index (χ2v) is 5.05. The number of aryl methyl sites for hydroxylation is 1. The van der Waals surface area contributed by atoms with Crippen molar-refractivity contribution in [3.05, 3.63) is 23.8 Å². The Morgan fingerprint density at radius 1 is 1.56 bits per heavy atom. The maximum Gasteiger partial charge on any atom is 0.309 e. The molecule has 6 heteroatoms. The lowest BCUT2D eigenvalue weighted by molar-refractivity contribution is -0.135. The molecular weight excluding hydrogens is 250 g/mol. The van der Waals surface area contributed by atoms with Crippen LogP contribution < -0.4 is 5.43 Å². The molecule has 0 atom stereocenters. The minimum absolute atomic E-state index is 0.0724. The molecule has 0 aliphatic carbocycles. The average molecular weight is 263 g/mol. The van der Waals surface area contributed by atoms with Crippen molar-refractivity contribution in [2.24, 2.45) is 5.10 Å². The van der Waals surface area contributed by atoms with Crippen molar-refractivity contribution in [3.63, 3.8) is 0 Å². The number of rotatable bonds is 4. The number of thiazole rings is 1. The molecule has 0 saturated carbocycles. The van der Waals surface area contributed by atoms with Crippen LogP contribution >= 0.6 is 11.3 Å². The molecule has 0 aliphatic rings. The third kappa shape index (κ3) is 3.04. The van der Waals surface area contributed by atoms with Crippen LogP contribution in [0, 0.1) is 6.92 Å². The van der Waals surface area contributed by atoms with Gasteiger partial charge in [0.2, 0.25) is 5.13 Å². The van der Waals surface area contributed by atoms with Crippen LogP contribution in [-0.2, 0) is 4.79 Å². The second kappa shape index (κ2) is 5.14. The van der Waals surface area contributed by atoms with Crippen LogP contribution in [0.15, 0.2) is 23.3 Å². The summed E-state index contributed by atoms with van der Waals surface area (Å²) >= 11 is 1.50. The van der Waals surface area contributed by atoms with Crippen molar-refractivity contribution in [1.29, 1.82) is 0 Å². The number of carbonyl (C=O) groups is 1. The fourth-order valence-electron chi connectivity index (χ4n) is 1.48. The van der Waals surface area contributed by atoms with E-state index in [1.807, 2.05) is 19.1 Å². The predicted molar refractivity (Wildman–Crippen MR) is 73.3 cm³/mol. The van der Waals surface area contributed by atoms with Crippen molar-refractivity contribution >= 4 is 38.4 Å². The number of aliphatic carboxylic acids is 1. The Balaban J connectivity index is 2.15. The summed E-state index contributed by atoms with van der Waals surface area (Å²) < 4.78 is 1.09. The summed E-state index contributed by atoms with van der Waals surface area (Å²) in [6.45, 7) is 3.69. The lowest BCUT2D eigenvalue weighted by Crippen LogP contribution is -2.05. The first-order chi connectivity index (χ1) is 8.54. The van der Waals surface area contributed by atoms with Gasteiger partial charge >= 0.3 is 5.97 Å². The summed E-state index contributed by atoms with van der Waals surface area (Å²) in [4.78, 5) is 14.8. The van der Waals surface area contributed by atoms with E-state index in [-0.39, 0.29) is 6.42 Å². The molecule has 0 saturated heterocycles. The topological polar surface area (TPSA) is 74.6 Å². The number of benzene rings is 1. The van der Waals surface area contributed by atoms with Crippen molar-refractivity contribution < 1.29 is 9.90 Å². The molecular formula is C12H13N3O2S. The molecule has 5 nitrogen and oxygen atoms in total. The van der Waals surface area contributed by atoms with Gasteiger partial charge < -0.3 is 5.11 Å². The fourth-order valence-corrected chi connectivity index (χ4v) is 2.39. The van der Waals surface area contributed by atoms with Gasteiger partial charge in [-0.2, -0.15) is 5.10 Å². The van der Waals surface area contributed by atoms with Crippen LogP contribution in [-0.4, -0.2) is 21.8 Å². The van der Waals surface area contributed by atoms with Crippen molar-refractivity contribution in [2.45, 2.75) is 20.3 Å². The number of carboxylic acids is 1. The second-order valence-electron chi connectivity index (χ2n) is 4.02. The van der Waals surface area contributed by atoms with Gasteiger partial charge in [-0.05, 0) is 31.5 Å². The van der Waals surface area contributed by atoms with Gasteiger partial charge in [-0.3, -0.25) is 10.2 Å². The van der Waals surface area contributed by atoms with Crippen LogP contribution in [0.5, 0.6) is 0 Å². The molecule has 2 N–H and O–H groups in total. The molecule has 94 valence electrons. The SMILES string of the molecule is C/C(CC(=O)O)=N\Nc1nc2ccc(C)cc2s1. The monoisotopic (exact) mass is 263 g/mol. The molecule has 2 aromatic rings. The maximum absolute atomic E-state index is 10.5. The quantitative estimate of drug-likeness (QED) is 0.657. The average Bonchev–Trinajstić information content (AvgIpc) is 2.67. The van der Waals surface area contributed by atoms with Crippen molar-refractivity contribution in [1.82, 2.24) is 4.98 Å². The fraction of sp³-hybridized carbons (Fsp3) is 0.250. The first kappa shape index (κ1) is 12.5. The zero-order chi connectivity index (χ0) is 13.1. The molecule has 18 heavy (non-hydrogen) atoms. The van der Waals surface area contributed by atoms with Crippen LogP contribution in [0.1, 0.15) is 18.9 Å². The highest BCUT2D eigenvalue weighted by molar-refractivity contribution is 7.22. The van der Waals surface area contributed by atoms with E-state index in [0.29, 0.717) is 10.8 Å². The lowest BCUT2D eigenvalue weighted by atomic mass is 10.2. The highest BCUT2D eigenvalue weighted by Crippen LogP contribution is 2.26. The number of anilines is 1. The number of hydrazone groups is 1. The number of hydrogen-bond donors (Lipinski definition) is 2. The first-order valence-electron chi connectivity index (χ1n) is 5.43. The molecule has 1 heterocycles. The third-order valence-corrected chi connectivity index (χ3v) is 3.22. The van der Waals surface area contributed by atoms with E-state index in [0.717, 1.165) is 10.2 Å². The number of aromatic nitrogens is 1. The molecule has 0 bridgehead atoms. The molecule has 2 rings (SSSR count). The summed E-state index contributed by atoms with van der Waals surface area (Å²) in [5.74, 6) is -0.891. The van der Waals surface area contributed by atoms with Crippen LogP contribution in [0.2, 0.25) is 0 Å². The van der Waals surface area contributed by atoms with Gasteiger partial charge in [0.05, 0.1) is 16.6 Å². The zero-order valence-electron chi connectivity index (χ0n) is 10.1. The largest absolute Gasteiger partial charge is 0.481 e. The highest BCUT2D eigenvalue weighted by atomic mass is 32.1. The van der Waals surface area contributed by atoms with Crippen LogP contribution in [0.25, 0.3) is 10.2 Å². The first-order valence-corrected chi connectivity index (χ1v) is 6.24. The molecule has 0 amide bonds. The standard InChI is InChI=1S/C12H13N3O2S/c1-7-3-4-9-10(5-7)18-12(13-9)15-14-8(2)6-11(16)17/h3-5H,6H2,1-2H3,(H,13,15)(H,16,17)/b14-8+. The molecule has 0 fully saturated rings. The summed E-state index contributed by atoms with van der Waals surface area (Å²) in [6, 6.07) is 6.02. The predicted octanol–water partition coefficient (Wildman–Crippen LogP) is 2.87. The normalized spacial score (nSPS) is 11.8. The molecule has 0 radical (unpaired) electrons. The Morgan fingerprint density at radius 3 is 3.06 bits per heavy atom. The summed E-state index contributed by atoms with van der Waals surface area (Å²) in [6.07, 6.45) is -0.0724. The van der Waals surface area contributed by atoms with Gasteiger partial charge in [0.25, 0.3) is 0 Å². The summed E-state index contributed by atoms with van der Waals surface area (Å²) in [7, 11) is 0. The Bertz CT molecular complexity index is 619. The van der Waals surface area contributed by atoms with Gasteiger partial charge in [-0.25, -0.2) is 4.98 Å². The van der Waals surface area contributed by atoms with E-state index < -0.39 is 5.97 Å². The van der Waals surface area contributed by atoms with E-state index >= 15 is 0 Å². The van der Waals surface area contributed by atoms with Gasteiger partial charge in [0, 0.05) is 5.71 Å². The van der Waals surface area contributed by atoms with E-state index in [1.165, 1.54) is 16.9 Å². The van der Waals surface area contributed by atoms with E-state index in [2.05, 4.69) is 21.6 Å². The third-order valence-electron chi connectivity index (χ3n) is 2.29. The highest BCUT2D eigenvalue weighted by Gasteiger charge is 2.04. The minimum Gasteiger partial charge on any atom is -0.481 e. The smallest absolute Gasteiger partial charge is 0.309 e. The van der Waals surface area contributed by atoms with Gasteiger partial charge in [-0.1, -0.05) is 17.4 Å². The molecule has 1 aromatic heterocycles. The molecule has 0 aliphatic heterocycles. The Hall–Kier alpha value is -1.95. The number of fused-ring (bicyclic) bond motifs is 1. The minimum atomic E-state index is -0.891. The lowest BCUT2D eigenvalue weighted by Gasteiger charge is -1.96.